The first-order chi connectivity index (χ1) is 10.5. The monoisotopic (exact) mass is 322 g/mol. The van der Waals surface area contributed by atoms with Crippen LogP contribution in [0.5, 0.6) is 0 Å². The summed E-state index contributed by atoms with van der Waals surface area (Å²) in [7, 11) is -0.989. The van der Waals surface area contributed by atoms with Crippen molar-refractivity contribution in [3.63, 3.8) is 0 Å². The predicted octanol–water partition coefficient (Wildman–Crippen LogP) is 5.53. The van der Waals surface area contributed by atoms with Gasteiger partial charge in [-0.15, -0.1) is 0 Å². The van der Waals surface area contributed by atoms with E-state index in [1.165, 1.54) is 18.1 Å². The van der Waals surface area contributed by atoms with Crippen molar-refractivity contribution in [3.8, 4) is 0 Å². The van der Waals surface area contributed by atoms with Gasteiger partial charge in [0.2, 0.25) is 8.38 Å². The highest BCUT2D eigenvalue weighted by Crippen LogP contribution is 2.46. The lowest BCUT2D eigenvalue weighted by Crippen LogP contribution is -2.34. The molecule has 1 fully saturated rings. The molecule has 1 aliphatic carbocycles. The molecular weight excluding hydrogens is 291 g/mol. The average Bonchev–Trinajstić information content (AvgIpc) is 2.47. The first kappa shape index (κ1) is 17.9. The molecule has 0 saturated heterocycles. The summed E-state index contributed by atoms with van der Waals surface area (Å²) < 4.78 is 12.7. The Balaban J connectivity index is 2.13. The minimum atomic E-state index is -0.989. The van der Waals surface area contributed by atoms with Crippen LogP contribution in [0.1, 0.15) is 53.9 Å². The van der Waals surface area contributed by atoms with Gasteiger partial charge in [-0.25, -0.2) is 0 Å². The SMILES string of the molecule is CC1CCC(C(C)C)C(OP(OC(C)C)c2ccccc2)C1. The van der Waals surface area contributed by atoms with Gasteiger partial charge in [-0.05, 0) is 56.6 Å². The van der Waals surface area contributed by atoms with E-state index in [0.717, 1.165) is 12.3 Å². The van der Waals surface area contributed by atoms with Crippen molar-refractivity contribution < 1.29 is 9.05 Å². The lowest BCUT2D eigenvalue weighted by molar-refractivity contribution is 0.0414. The van der Waals surface area contributed by atoms with Crippen LogP contribution in [0.15, 0.2) is 30.3 Å². The van der Waals surface area contributed by atoms with E-state index in [1.54, 1.807) is 0 Å². The second-order valence-electron chi connectivity index (χ2n) is 7.22. The molecule has 0 aliphatic heterocycles. The maximum absolute atomic E-state index is 6.58. The molecule has 0 bridgehead atoms. The molecule has 0 amide bonds. The fraction of sp³-hybridized carbons (Fsp3) is 0.684. The van der Waals surface area contributed by atoms with Gasteiger partial charge in [-0.1, -0.05) is 45.4 Å². The molecule has 4 unspecified atom stereocenters. The molecule has 0 aromatic heterocycles. The van der Waals surface area contributed by atoms with Crippen LogP contribution in [-0.4, -0.2) is 12.2 Å². The van der Waals surface area contributed by atoms with Crippen molar-refractivity contribution in [1.29, 1.82) is 0 Å². The highest BCUT2D eigenvalue weighted by Gasteiger charge is 2.34. The first-order valence-corrected chi connectivity index (χ1v) is 9.83. The lowest BCUT2D eigenvalue weighted by atomic mass is 9.75. The molecular formula is C19H31O2P. The van der Waals surface area contributed by atoms with Gasteiger partial charge < -0.3 is 9.05 Å². The Morgan fingerprint density at radius 2 is 1.73 bits per heavy atom. The molecule has 4 atom stereocenters. The average molecular weight is 322 g/mol. The molecule has 1 aliphatic rings. The second-order valence-corrected chi connectivity index (χ2v) is 8.67. The molecule has 1 aromatic rings. The van der Waals surface area contributed by atoms with Gasteiger partial charge in [0.05, 0.1) is 12.2 Å². The van der Waals surface area contributed by atoms with E-state index in [0.29, 0.717) is 17.9 Å². The summed E-state index contributed by atoms with van der Waals surface area (Å²) in [5.74, 6) is 2.08. The van der Waals surface area contributed by atoms with Crippen LogP contribution >= 0.6 is 8.38 Å². The summed E-state index contributed by atoms with van der Waals surface area (Å²) in [6, 6.07) is 10.4. The zero-order valence-electron chi connectivity index (χ0n) is 14.7. The van der Waals surface area contributed by atoms with Gasteiger partial charge in [0.15, 0.2) is 0 Å². The molecule has 0 N–H and O–H groups in total. The van der Waals surface area contributed by atoms with Gasteiger partial charge in [-0.3, -0.25) is 0 Å². The van der Waals surface area contributed by atoms with Crippen molar-refractivity contribution in [2.24, 2.45) is 17.8 Å². The smallest absolute Gasteiger partial charge is 0.205 e. The summed E-state index contributed by atoms with van der Waals surface area (Å²) >= 11 is 0. The number of hydrogen-bond donors (Lipinski definition) is 0. The third-order valence-electron chi connectivity index (χ3n) is 4.47. The van der Waals surface area contributed by atoms with Gasteiger partial charge in [0.25, 0.3) is 0 Å². The Morgan fingerprint density at radius 3 is 2.32 bits per heavy atom. The number of hydrogen-bond acceptors (Lipinski definition) is 2. The van der Waals surface area contributed by atoms with Crippen LogP contribution in [0.25, 0.3) is 0 Å². The Hall–Kier alpha value is -0.430. The highest BCUT2D eigenvalue weighted by molar-refractivity contribution is 7.56. The van der Waals surface area contributed by atoms with E-state index in [2.05, 4.69) is 58.9 Å². The molecule has 0 heterocycles. The van der Waals surface area contributed by atoms with Crippen molar-refractivity contribution >= 4 is 13.7 Å². The second kappa shape index (κ2) is 8.43. The highest BCUT2D eigenvalue weighted by atomic mass is 31.2. The molecule has 124 valence electrons. The largest absolute Gasteiger partial charge is 0.328 e. The Morgan fingerprint density at radius 1 is 1.05 bits per heavy atom. The quantitative estimate of drug-likeness (QED) is 0.641. The Kier molecular flexibility index (Phi) is 6.87. The third-order valence-corrected chi connectivity index (χ3v) is 6.26. The maximum atomic E-state index is 6.58. The molecule has 1 aromatic carbocycles. The van der Waals surface area contributed by atoms with Gasteiger partial charge in [0.1, 0.15) is 0 Å². The minimum absolute atomic E-state index is 0.185. The van der Waals surface area contributed by atoms with E-state index in [-0.39, 0.29) is 6.10 Å². The minimum Gasteiger partial charge on any atom is -0.328 e. The molecule has 0 radical (unpaired) electrons. The van der Waals surface area contributed by atoms with Crippen LogP contribution in [0.3, 0.4) is 0 Å². The Bertz CT molecular complexity index is 432. The molecule has 1 saturated carbocycles. The van der Waals surface area contributed by atoms with Gasteiger partial charge in [0, 0.05) is 5.30 Å². The summed E-state index contributed by atoms with van der Waals surface area (Å²) in [6.07, 6.45) is 4.29. The van der Waals surface area contributed by atoms with E-state index in [4.69, 9.17) is 9.05 Å². The fourth-order valence-electron chi connectivity index (χ4n) is 3.25. The van der Waals surface area contributed by atoms with Crippen molar-refractivity contribution in [2.75, 3.05) is 0 Å². The van der Waals surface area contributed by atoms with Crippen LogP contribution in [-0.2, 0) is 9.05 Å². The van der Waals surface area contributed by atoms with E-state index >= 15 is 0 Å². The topological polar surface area (TPSA) is 18.5 Å². The van der Waals surface area contributed by atoms with Crippen LogP contribution < -0.4 is 5.30 Å². The zero-order chi connectivity index (χ0) is 16.1. The van der Waals surface area contributed by atoms with E-state index in [9.17, 15) is 0 Å². The van der Waals surface area contributed by atoms with Crippen molar-refractivity contribution in [3.05, 3.63) is 30.3 Å². The zero-order valence-corrected chi connectivity index (χ0v) is 15.6. The summed E-state index contributed by atoms with van der Waals surface area (Å²) in [5.41, 5.74) is 0. The van der Waals surface area contributed by atoms with Crippen LogP contribution in [0.4, 0.5) is 0 Å². The lowest BCUT2D eigenvalue weighted by Gasteiger charge is -2.38. The van der Waals surface area contributed by atoms with E-state index < -0.39 is 8.38 Å². The summed E-state index contributed by atoms with van der Waals surface area (Å²) in [5, 5.41) is 1.19. The molecule has 2 rings (SSSR count). The Labute approximate surface area is 137 Å². The summed E-state index contributed by atoms with van der Waals surface area (Å²) in [6.45, 7) is 11.2. The fourth-order valence-corrected chi connectivity index (χ4v) is 4.83. The number of rotatable bonds is 6. The third kappa shape index (κ3) is 5.05. The van der Waals surface area contributed by atoms with Crippen molar-refractivity contribution in [1.82, 2.24) is 0 Å². The normalized spacial score (nSPS) is 27.3. The van der Waals surface area contributed by atoms with E-state index in [1.807, 2.05) is 6.07 Å². The molecule has 3 heteroatoms. The summed E-state index contributed by atoms with van der Waals surface area (Å²) in [4.78, 5) is 0. The van der Waals surface area contributed by atoms with Gasteiger partial charge >= 0.3 is 0 Å². The van der Waals surface area contributed by atoms with Gasteiger partial charge in [-0.2, -0.15) is 0 Å². The van der Waals surface area contributed by atoms with Crippen molar-refractivity contribution in [2.45, 2.75) is 66.1 Å². The molecule has 22 heavy (non-hydrogen) atoms. The molecule has 2 nitrogen and oxygen atoms in total. The molecule has 0 spiro atoms. The number of benzene rings is 1. The maximum Gasteiger partial charge on any atom is 0.205 e. The predicted molar refractivity (Wildman–Crippen MR) is 95.4 cm³/mol. The van der Waals surface area contributed by atoms with Crippen LogP contribution in [0.2, 0.25) is 0 Å². The van der Waals surface area contributed by atoms with Crippen LogP contribution in [0, 0.1) is 17.8 Å². The first-order valence-electron chi connectivity index (χ1n) is 8.66. The standard InChI is InChI=1S/C19H31O2P/c1-14(2)18-12-11-16(5)13-19(18)21-22(20-15(3)4)17-9-7-6-8-10-17/h6-10,14-16,18-19H,11-13H2,1-5H3.